The maximum atomic E-state index is 9.31. The van der Waals surface area contributed by atoms with E-state index in [1.807, 2.05) is 12.1 Å². The molecule has 0 bridgehead atoms. The van der Waals surface area contributed by atoms with E-state index in [9.17, 15) is 5.11 Å². The molecule has 0 saturated heterocycles. The molecule has 1 heterocycles. The van der Waals surface area contributed by atoms with E-state index in [1.165, 1.54) is 5.56 Å². The smallest absolute Gasteiger partial charge is 0.116 e. The van der Waals surface area contributed by atoms with Crippen molar-refractivity contribution in [3.63, 3.8) is 0 Å². The van der Waals surface area contributed by atoms with Crippen LogP contribution in [-0.2, 0) is 6.42 Å². The summed E-state index contributed by atoms with van der Waals surface area (Å²) in [7, 11) is 0. The topological polar surface area (TPSA) is 58.3 Å². The summed E-state index contributed by atoms with van der Waals surface area (Å²) in [5, 5.41) is 12.7. The van der Waals surface area contributed by atoms with Crippen molar-refractivity contribution in [3.05, 3.63) is 23.8 Å². The second kappa shape index (κ2) is 3.88. The predicted molar refractivity (Wildman–Crippen MR) is 57.5 cm³/mol. The first-order chi connectivity index (χ1) is 6.79. The molecular formula is C11H16N2O. The minimum absolute atomic E-state index is 0.352. The Morgan fingerprint density at radius 1 is 1.50 bits per heavy atom. The molecule has 0 fully saturated rings. The Bertz CT molecular complexity index is 325. The standard InChI is InChI=1S/C11H16N2O/c12-5-1-2-9-6-8-7-10(14)3-4-11(8)13-9/h3-4,7,9,13-14H,1-2,5-6,12H2. The summed E-state index contributed by atoms with van der Waals surface area (Å²) in [6.07, 6.45) is 3.16. The van der Waals surface area contributed by atoms with E-state index >= 15 is 0 Å². The van der Waals surface area contributed by atoms with Gasteiger partial charge in [-0.2, -0.15) is 0 Å². The Morgan fingerprint density at radius 3 is 3.14 bits per heavy atom. The molecule has 4 N–H and O–H groups in total. The molecule has 0 amide bonds. The first-order valence-electron chi connectivity index (χ1n) is 5.08. The zero-order chi connectivity index (χ0) is 9.97. The van der Waals surface area contributed by atoms with Crippen LogP contribution in [0.25, 0.3) is 0 Å². The summed E-state index contributed by atoms with van der Waals surface area (Å²) in [6.45, 7) is 0.750. The number of phenols is 1. The molecule has 1 aromatic carbocycles. The van der Waals surface area contributed by atoms with Gasteiger partial charge >= 0.3 is 0 Å². The summed E-state index contributed by atoms with van der Waals surface area (Å²) >= 11 is 0. The van der Waals surface area contributed by atoms with Gasteiger partial charge in [0.1, 0.15) is 5.75 Å². The van der Waals surface area contributed by atoms with Crippen molar-refractivity contribution < 1.29 is 5.11 Å². The summed E-state index contributed by atoms with van der Waals surface area (Å²) in [4.78, 5) is 0. The van der Waals surface area contributed by atoms with Crippen LogP contribution in [0.5, 0.6) is 5.75 Å². The number of anilines is 1. The van der Waals surface area contributed by atoms with Crippen LogP contribution < -0.4 is 11.1 Å². The van der Waals surface area contributed by atoms with Gasteiger partial charge in [0.05, 0.1) is 0 Å². The fourth-order valence-corrected chi connectivity index (χ4v) is 1.96. The van der Waals surface area contributed by atoms with E-state index in [0.29, 0.717) is 11.8 Å². The van der Waals surface area contributed by atoms with Crippen LogP contribution in [0.4, 0.5) is 5.69 Å². The maximum Gasteiger partial charge on any atom is 0.116 e. The van der Waals surface area contributed by atoms with Gasteiger partial charge in [0.2, 0.25) is 0 Å². The molecule has 1 aliphatic rings. The van der Waals surface area contributed by atoms with Gasteiger partial charge in [-0.25, -0.2) is 0 Å². The van der Waals surface area contributed by atoms with E-state index in [-0.39, 0.29) is 0 Å². The molecule has 1 aromatic rings. The second-order valence-corrected chi connectivity index (χ2v) is 3.82. The average molecular weight is 192 g/mol. The van der Waals surface area contributed by atoms with Crippen molar-refractivity contribution in [2.45, 2.75) is 25.3 Å². The highest BCUT2D eigenvalue weighted by molar-refractivity contribution is 5.58. The molecule has 76 valence electrons. The molecule has 3 heteroatoms. The number of benzene rings is 1. The zero-order valence-electron chi connectivity index (χ0n) is 8.16. The highest BCUT2D eigenvalue weighted by atomic mass is 16.3. The van der Waals surface area contributed by atoms with Crippen molar-refractivity contribution >= 4 is 5.69 Å². The third-order valence-electron chi connectivity index (χ3n) is 2.67. The molecule has 14 heavy (non-hydrogen) atoms. The number of phenolic OH excluding ortho intramolecular Hbond substituents is 1. The van der Waals surface area contributed by atoms with Crippen LogP contribution in [0.2, 0.25) is 0 Å². The Morgan fingerprint density at radius 2 is 2.36 bits per heavy atom. The van der Waals surface area contributed by atoms with Gasteiger partial charge in [0.25, 0.3) is 0 Å². The normalized spacial score (nSPS) is 19.1. The van der Waals surface area contributed by atoms with E-state index in [1.54, 1.807) is 6.07 Å². The Labute approximate surface area is 83.9 Å². The highest BCUT2D eigenvalue weighted by Crippen LogP contribution is 2.30. The fourth-order valence-electron chi connectivity index (χ4n) is 1.96. The predicted octanol–water partition coefficient (Wildman–Crippen LogP) is 1.47. The van der Waals surface area contributed by atoms with E-state index < -0.39 is 0 Å². The number of hydrogen-bond donors (Lipinski definition) is 3. The highest BCUT2D eigenvalue weighted by Gasteiger charge is 2.19. The van der Waals surface area contributed by atoms with Gasteiger partial charge in [0, 0.05) is 11.7 Å². The third-order valence-corrected chi connectivity index (χ3v) is 2.67. The van der Waals surface area contributed by atoms with Crippen molar-refractivity contribution in [2.24, 2.45) is 5.73 Å². The maximum absolute atomic E-state index is 9.31. The van der Waals surface area contributed by atoms with Crippen molar-refractivity contribution in [2.75, 3.05) is 11.9 Å². The molecule has 1 atom stereocenters. The van der Waals surface area contributed by atoms with Crippen molar-refractivity contribution in [3.8, 4) is 5.75 Å². The van der Waals surface area contributed by atoms with E-state index in [0.717, 1.165) is 31.5 Å². The van der Waals surface area contributed by atoms with Gasteiger partial charge in [-0.05, 0) is 49.6 Å². The van der Waals surface area contributed by atoms with Crippen LogP contribution >= 0.6 is 0 Å². The number of rotatable bonds is 3. The summed E-state index contributed by atoms with van der Waals surface area (Å²) in [5.74, 6) is 0.352. The Balaban J connectivity index is 2.03. The summed E-state index contributed by atoms with van der Waals surface area (Å²) in [6, 6.07) is 5.99. The van der Waals surface area contributed by atoms with Crippen LogP contribution in [0.15, 0.2) is 18.2 Å². The molecule has 2 rings (SSSR count). The first-order valence-corrected chi connectivity index (χ1v) is 5.08. The van der Waals surface area contributed by atoms with Crippen molar-refractivity contribution in [1.82, 2.24) is 0 Å². The zero-order valence-corrected chi connectivity index (χ0v) is 8.16. The van der Waals surface area contributed by atoms with Crippen LogP contribution in [-0.4, -0.2) is 17.7 Å². The van der Waals surface area contributed by atoms with Crippen LogP contribution in [0.1, 0.15) is 18.4 Å². The van der Waals surface area contributed by atoms with Gasteiger partial charge in [-0.15, -0.1) is 0 Å². The summed E-state index contributed by atoms with van der Waals surface area (Å²) < 4.78 is 0. The quantitative estimate of drug-likeness (QED) is 0.635. The van der Waals surface area contributed by atoms with Gasteiger partial charge in [0.15, 0.2) is 0 Å². The average Bonchev–Trinajstić information content (AvgIpc) is 2.56. The lowest BCUT2D eigenvalue weighted by Crippen LogP contribution is -2.16. The minimum Gasteiger partial charge on any atom is -0.508 e. The molecule has 3 nitrogen and oxygen atoms in total. The number of hydrogen-bond acceptors (Lipinski definition) is 3. The van der Waals surface area contributed by atoms with Gasteiger partial charge < -0.3 is 16.2 Å². The molecule has 0 saturated carbocycles. The lowest BCUT2D eigenvalue weighted by molar-refractivity contribution is 0.475. The van der Waals surface area contributed by atoms with Gasteiger partial charge in [-0.3, -0.25) is 0 Å². The van der Waals surface area contributed by atoms with E-state index in [2.05, 4.69) is 5.32 Å². The Hall–Kier alpha value is -1.22. The Kier molecular flexibility index (Phi) is 2.59. The lowest BCUT2D eigenvalue weighted by atomic mass is 10.1. The molecular weight excluding hydrogens is 176 g/mol. The van der Waals surface area contributed by atoms with Crippen LogP contribution in [0, 0.1) is 0 Å². The molecule has 0 radical (unpaired) electrons. The molecule has 0 spiro atoms. The minimum atomic E-state index is 0.352. The second-order valence-electron chi connectivity index (χ2n) is 3.82. The van der Waals surface area contributed by atoms with E-state index in [4.69, 9.17) is 5.73 Å². The lowest BCUT2D eigenvalue weighted by Gasteiger charge is -2.09. The number of nitrogens with two attached hydrogens (primary N) is 1. The number of nitrogens with one attached hydrogen (secondary N) is 1. The number of fused-ring (bicyclic) bond motifs is 1. The molecule has 1 unspecified atom stereocenters. The fraction of sp³-hybridized carbons (Fsp3) is 0.455. The first kappa shape index (κ1) is 9.34. The monoisotopic (exact) mass is 192 g/mol. The van der Waals surface area contributed by atoms with Crippen LogP contribution in [0.3, 0.4) is 0 Å². The molecule has 1 aliphatic heterocycles. The molecule has 0 aromatic heterocycles. The third kappa shape index (κ3) is 1.82. The summed E-state index contributed by atoms with van der Waals surface area (Å²) in [5.41, 5.74) is 7.84. The largest absolute Gasteiger partial charge is 0.508 e. The molecule has 0 aliphatic carbocycles. The van der Waals surface area contributed by atoms with Gasteiger partial charge in [-0.1, -0.05) is 0 Å². The van der Waals surface area contributed by atoms with Crippen molar-refractivity contribution in [1.29, 1.82) is 0 Å². The number of aromatic hydroxyl groups is 1. The SMILES string of the molecule is NCCCC1Cc2cc(O)ccc2N1.